The number of carbonyl (C=O) groups excluding carboxylic acids is 4. The van der Waals surface area contributed by atoms with Gasteiger partial charge in [-0.25, -0.2) is 23.4 Å². The normalized spacial score (nSPS) is 12.5. The fourth-order valence-corrected chi connectivity index (χ4v) is 3.73. The van der Waals surface area contributed by atoms with Gasteiger partial charge in [0.1, 0.15) is 29.1 Å². The van der Waals surface area contributed by atoms with Crippen molar-refractivity contribution in [2.45, 2.75) is 90.5 Å². The van der Waals surface area contributed by atoms with E-state index >= 15 is 0 Å². The molecular formula is C32H45F2N3O7. The highest BCUT2D eigenvalue weighted by atomic mass is 19.1. The third-order valence-corrected chi connectivity index (χ3v) is 5.72. The van der Waals surface area contributed by atoms with Gasteiger partial charge in [0.15, 0.2) is 0 Å². The topological polar surface area (TPSA) is 123 Å². The maximum atomic E-state index is 13.9. The number of alkyl carbamates (subject to hydrolysis) is 2. The lowest BCUT2D eigenvalue weighted by Crippen LogP contribution is -2.43. The van der Waals surface area contributed by atoms with E-state index in [1.807, 2.05) is 0 Å². The molecule has 0 aromatic heterocycles. The number of carbonyl (C=O) groups is 4. The molecule has 10 nitrogen and oxygen atoms in total. The first-order valence-electron chi connectivity index (χ1n) is 14.1. The van der Waals surface area contributed by atoms with E-state index in [9.17, 15) is 28.0 Å². The van der Waals surface area contributed by atoms with Gasteiger partial charge in [-0.2, -0.15) is 0 Å². The van der Waals surface area contributed by atoms with Crippen molar-refractivity contribution >= 4 is 24.4 Å². The van der Waals surface area contributed by atoms with Crippen molar-refractivity contribution in [3.63, 3.8) is 0 Å². The molecule has 3 amide bonds. The van der Waals surface area contributed by atoms with Crippen molar-refractivity contribution in [2.24, 2.45) is 0 Å². The van der Waals surface area contributed by atoms with Crippen LogP contribution in [-0.4, -0.2) is 66.9 Å². The van der Waals surface area contributed by atoms with Crippen LogP contribution in [0.3, 0.4) is 0 Å². The van der Waals surface area contributed by atoms with Gasteiger partial charge in [0.25, 0.3) is 0 Å². The summed E-state index contributed by atoms with van der Waals surface area (Å²) in [5, 5.41) is 6.28. The lowest BCUT2D eigenvalue weighted by molar-refractivity contribution is -0.169. The number of nitrogens with one attached hydrogen (secondary N) is 2. The Kier molecular flexibility index (Phi) is 15.5. The number of halogens is 2. The largest absolute Gasteiger partial charge is 0.444 e. The minimum atomic E-state index is -0.667. The summed E-state index contributed by atoms with van der Waals surface area (Å²) in [5.41, 5.74) is -0.421. The number of aldehydes is 1. The van der Waals surface area contributed by atoms with Crippen LogP contribution in [0.25, 0.3) is 0 Å². The van der Waals surface area contributed by atoms with Crippen LogP contribution in [-0.2, 0) is 36.7 Å². The van der Waals surface area contributed by atoms with E-state index in [2.05, 4.69) is 10.6 Å². The van der Waals surface area contributed by atoms with E-state index in [1.54, 1.807) is 77.9 Å². The number of hydroxylamine groups is 2. The Morgan fingerprint density at radius 1 is 0.795 bits per heavy atom. The number of hydrogen-bond acceptors (Lipinski definition) is 7. The van der Waals surface area contributed by atoms with Crippen LogP contribution in [0.1, 0.15) is 65.5 Å². The molecular weight excluding hydrogens is 576 g/mol. The van der Waals surface area contributed by atoms with Crippen LogP contribution >= 0.6 is 0 Å². The quantitative estimate of drug-likeness (QED) is 0.250. The average molecular weight is 622 g/mol. The molecule has 0 radical (unpaired) electrons. The lowest BCUT2D eigenvalue weighted by atomic mass is 10.0. The summed E-state index contributed by atoms with van der Waals surface area (Å²) < 4.78 is 37.8. The minimum absolute atomic E-state index is 0.0437. The molecule has 2 aromatic rings. The molecule has 2 N–H and O–H groups in total. The van der Waals surface area contributed by atoms with Crippen LogP contribution in [0.4, 0.5) is 18.4 Å². The highest BCUT2D eigenvalue weighted by Gasteiger charge is 2.24. The highest BCUT2D eigenvalue weighted by Crippen LogP contribution is 2.14. The monoisotopic (exact) mass is 621 g/mol. The molecule has 0 spiro atoms. The number of ether oxygens (including phenoxy) is 2. The molecule has 12 heteroatoms. The van der Waals surface area contributed by atoms with E-state index in [4.69, 9.17) is 14.3 Å². The second kappa shape index (κ2) is 17.9. The number of nitrogens with zero attached hydrogens (tertiary/aromatic N) is 1. The van der Waals surface area contributed by atoms with Crippen molar-refractivity contribution in [2.75, 3.05) is 14.2 Å². The van der Waals surface area contributed by atoms with Crippen LogP contribution in [0, 0.1) is 11.6 Å². The minimum Gasteiger partial charge on any atom is -0.444 e. The van der Waals surface area contributed by atoms with Gasteiger partial charge >= 0.3 is 12.2 Å². The molecule has 0 aliphatic carbocycles. The molecule has 2 atom stereocenters. The molecule has 244 valence electrons. The Balaban J connectivity index is 0.000000447. The van der Waals surface area contributed by atoms with Gasteiger partial charge in [-0.1, -0.05) is 36.4 Å². The average Bonchev–Trinajstić information content (AvgIpc) is 2.89. The van der Waals surface area contributed by atoms with E-state index in [0.717, 1.165) is 5.06 Å². The molecule has 2 rings (SSSR count). The molecule has 2 aromatic carbocycles. The Morgan fingerprint density at radius 3 is 1.59 bits per heavy atom. The summed E-state index contributed by atoms with van der Waals surface area (Å²) in [5.74, 6) is -1.08. The number of hydrogen-bond donors (Lipinski definition) is 2. The molecule has 0 saturated carbocycles. The standard InChI is InChI=1S/C17H25FN2O4.C15H20FNO3/c1-17(2,3)24-16(22)19-13(11-15(21)20(4)23-5)10-12-8-6-7-9-14(12)18;1-15(2,3)20-14(19)17-12(8-9-18)10-11-6-4-5-7-13(11)16/h6-9,13H,10-11H2,1-5H3,(H,19,22);4-7,9,12H,8,10H2,1-3H3,(H,17,19)/t13-;12-/m10/s1. The van der Waals surface area contributed by atoms with Gasteiger partial charge in [0.2, 0.25) is 5.91 Å². The van der Waals surface area contributed by atoms with Gasteiger partial charge in [0.05, 0.1) is 7.11 Å². The summed E-state index contributed by atoms with van der Waals surface area (Å²) in [6.07, 6.45) is -0.105. The van der Waals surface area contributed by atoms with Crippen LogP contribution in [0.15, 0.2) is 48.5 Å². The highest BCUT2D eigenvalue weighted by molar-refractivity contribution is 5.77. The van der Waals surface area contributed by atoms with E-state index < -0.39 is 35.5 Å². The molecule has 0 aliphatic heterocycles. The molecule has 0 bridgehead atoms. The van der Waals surface area contributed by atoms with Gasteiger partial charge in [-0.05, 0) is 77.6 Å². The third kappa shape index (κ3) is 16.0. The van der Waals surface area contributed by atoms with Crippen LogP contribution < -0.4 is 10.6 Å². The zero-order chi connectivity index (χ0) is 33.5. The fraction of sp³-hybridized carbons (Fsp3) is 0.500. The van der Waals surface area contributed by atoms with Gasteiger partial charge < -0.3 is 24.9 Å². The van der Waals surface area contributed by atoms with Gasteiger partial charge in [-0.3, -0.25) is 9.63 Å². The summed E-state index contributed by atoms with van der Waals surface area (Å²) in [4.78, 5) is 51.2. The first-order valence-corrected chi connectivity index (χ1v) is 14.1. The predicted molar refractivity (Wildman–Crippen MR) is 162 cm³/mol. The summed E-state index contributed by atoms with van der Waals surface area (Å²) in [7, 11) is 2.83. The van der Waals surface area contributed by atoms with Gasteiger partial charge in [0, 0.05) is 32.0 Å². The second-order valence-electron chi connectivity index (χ2n) is 12.0. The van der Waals surface area contributed by atoms with Crippen molar-refractivity contribution < 1.29 is 42.3 Å². The SMILES string of the molecule is CC(C)(C)OC(=O)N[C@@H](CC=O)Cc1ccccc1F.CON(C)C(=O)C[C@@H](Cc1ccccc1F)NC(=O)OC(C)(C)C. The Bertz CT molecular complexity index is 1230. The molecule has 0 unspecified atom stereocenters. The molecule has 0 heterocycles. The summed E-state index contributed by atoms with van der Waals surface area (Å²) >= 11 is 0. The smallest absolute Gasteiger partial charge is 0.407 e. The van der Waals surface area contributed by atoms with E-state index in [-0.39, 0.29) is 43.2 Å². The Labute approximate surface area is 258 Å². The third-order valence-electron chi connectivity index (χ3n) is 5.72. The predicted octanol–water partition coefficient (Wildman–Crippen LogP) is 5.52. The first-order chi connectivity index (χ1) is 20.4. The van der Waals surface area contributed by atoms with Crippen molar-refractivity contribution in [3.05, 3.63) is 71.3 Å². The Morgan fingerprint density at radius 2 is 1.20 bits per heavy atom. The zero-order valence-corrected chi connectivity index (χ0v) is 26.7. The van der Waals surface area contributed by atoms with Crippen LogP contribution in [0.2, 0.25) is 0 Å². The maximum absolute atomic E-state index is 13.9. The summed E-state index contributed by atoms with van der Waals surface area (Å²) in [6.45, 7) is 10.5. The van der Waals surface area contributed by atoms with Gasteiger partial charge in [-0.15, -0.1) is 0 Å². The zero-order valence-electron chi connectivity index (χ0n) is 26.7. The summed E-state index contributed by atoms with van der Waals surface area (Å²) in [6, 6.07) is 11.4. The van der Waals surface area contributed by atoms with Crippen molar-refractivity contribution in [1.82, 2.24) is 15.7 Å². The number of benzene rings is 2. The Hall–Kier alpha value is -4.06. The maximum Gasteiger partial charge on any atom is 0.407 e. The first kappa shape index (κ1) is 38.0. The van der Waals surface area contributed by atoms with Crippen molar-refractivity contribution in [3.8, 4) is 0 Å². The molecule has 0 saturated heterocycles. The number of rotatable bonds is 11. The number of amides is 3. The molecule has 0 aliphatic rings. The second-order valence-corrected chi connectivity index (χ2v) is 12.0. The van der Waals surface area contributed by atoms with Crippen molar-refractivity contribution in [1.29, 1.82) is 0 Å². The van der Waals surface area contributed by atoms with E-state index in [0.29, 0.717) is 17.4 Å². The lowest BCUT2D eigenvalue weighted by Gasteiger charge is -2.24. The van der Waals surface area contributed by atoms with Crippen LogP contribution in [0.5, 0.6) is 0 Å². The van der Waals surface area contributed by atoms with E-state index in [1.165, 1.54) is 26.3 Å². The fourth-order valence-electron chi connectivity index (χ4n) is 3.73. The molecule has 44 heavy (non-hydrogen) atoms. The molecule has 0 fully saturated rings.